The van der Waals surface area contributed by atoms with Gasteiger partial charge in [-0.15, -0.1) is 0 Å². The molecule has 2 aliphatic rings. The summed E-state index contributed by atoms with van der Waals surface area (Å²) in [5.41, 5.74) is 10.3. The highest BCUT2D eigenvalue weighted by atomic mass is 19.1. The summed E-state index contributed by atoms with van der Waals surface area (Å²) in [5, 5.41) is 0. The number of aromatic nitrogens is 2. The van der Waals surface area contributed by atoms with E-state index in [9.17, 15) is 9.18 Å². The molecule has 0 atom stereocenters. The Labute approximate surface area is 205 Å². The van der Waals surface area contributed by atoms with Crippen molar-refractivity contribution in [3.8, 4) is 0 Å². The minimum atomic E-state index is -0.217. The Bertz CT molecular complexity index is 1160. The summed E-state index contributed by atoms with van der Waals surface area (Å²) in [6.45, 7) is 4.77. The molecule has 2 aromatic carbocycles. The molecule has 1 saturated heterocycles. The second kappa shape index (κ2) is 10.4. The lowest BCUT2D eigenvalue weighted by Gasteiger charge is -2.37. The van der Waals surface area contributed by atoms with Crippen LogP contribution in [-0.4, -0.2) is 60.0 Å². The standard InChI is InChI=1S/C27H31FN6O/c28-21-7-11-23(12-8-21)33-16-13-32(14-17-33)15-18-34(27(35)20-5-9-22(29)10-6-20)26-24-3-1-2-4-25(24)30-19-31-26/h5-12,19H,1-4,13-18,29H2. The van der Waals surface area contributed by atoms with Crippen LogP contribution in [0.3, 0.4) is 0 Å². The number of anilines is 3. The van der Waals surface area contributed by atoms with Crippen LogP contribution in [0.25, 0.3) is 0 Å². The molecule has 0 spiro atoms. The van der Waals surface area contributed by atoms with Crippen LogP contribution >= 0.6 is 0 Å². The maximum absolute atomic E-state index is 13.6. The highest BCUT2D eigenvalue weighted by Gasteiger charge is 2.26. The molecule has 2 heterocycles. The predicted molar refractivity (Wildman–Crippen MR) is 136 cm³/mol. The quantitative estimate of drug-likeness (QED) is 0.551. The molecule has 1 aliphatic heterocycles. The Kier molecular flexibility index (Phi) is 6.90. The van der Waals surface area contributed by atoms with Gasteiger partial charge in [-0.1, -0.05) is 0 Å². The van der Waals surface area contributed by atoms with Crippen molar-refractivity contribution in [1.82, 2.24) is 14.9 Å². The number of carbonyl (C=O) groups excluding carboxylic acids is 1. The Hall–Kier alpha value is -3.52. The van der Waals surface area contributed by atoms with Gasteiger partial charge >= 0.3 is 0 Å². The van der Waals surface area contributed by atoms with Gasteiger partial charge in [-0.05, 0) is 74.2 Å². The first-order valence-corrected chi connectivity index (χ1v) is 12.3. The molecule has 0 unspecified atom stereocenters. The van der Waals surface area contributed by atoms with E-state index < -0.39 is 0 Å². The molecule has 8 heteroatoms. The van der Waals surface area contributed by atoms with Gasteiger partial charge in [0.25, 0.3) is 5.91 Å². The minimum absolute atomic E-state index is 0.0681. The van der Waals surface area contributed by atoms with Crippen LogP contribution in [0.5, 0.6) is 0 Å². The number of amides is 1. The van der Waals surface area contributed by atoms with E-state index in [0.29, 0.717) is 17.8 Å². The maximum Gasteiger partial charge on any atom is 0.259 e. The van der Waals surface area contributed by atoms with Crippen LogP contribution in [0.1, 0.15) is 34.5 Å². The Balaban J connectivity index is 1.31. The number of hydrogen-bond acceptors (Lipinski definition) is 6. The molecule has 1 aliphatic carbocycles. The molecule has 182 valence electrons. The maximum atomic E-state index is 13.6. The molecule has 7 nitrogen and oxygen atoms in total. The second-order valence-electron chi connectivity index (χ2n) is 9.21. The minimum Gasteiger partial charge on any atom is -0.399 e. The fourth-order valence-corrected chi connectivity index (χ4v) is 4.94. The number of carbonyl (C=O) groups is 1. The first-order chi connectivity index (χ1) is 17.1. The first-order valence-electron chi connectivity index (χ1n) is 12.3. The topological polar surface area (TPSA) is 78.6 Å². The number of halogens is 1. The van der Waals surface area contributed by atoms with E-state index >= 15 is 0 Å². The third-order valence-corrected chi connectivity index (χ3v) is 6.96. The van der Waals surface area contributed by atoms with Crippen LogP contribution in [0.15, 0.2) is 54.9 Å². The smallest absolute Gasteiger partial charge is 0.259 e. The van der Waals surface area contributed by atoms with Crippen molar-refractivity contribution < 1.29 is 9.18 Å². The van der Waals surface area contributed by atoms with Crippen molar-refractivity contribution in [3.63, 3.8) is 0 Å². The zero-order chi connectivity index (χ0) is 24.2. The number of hydrogen-bond donors (Lipinski definition) is 1. The molecule has 5 rings (SSSR count). The fourth-order valence-electron chi connectivity index (χ4n) is 4.94. The van der Waals surface area contributed by atoms with Gasteiger partial charge in [-0.3, -0.25) is 14.6 Å². The lowest BCUT2D eigenvalue weighted by Crippen LogP contribution is -2.49. The normalized spacial score (nSPS) is 16.1. The van der Waals surface area contributed by atoms with Gasteiger partial charge in [-0.2, -0.15) is 0 Å². The number of rotatable bonds is 6. The average Bonchev–Trinajstić information content (AvgIpc) is 2.90. The Morgan fingerprint density at radius 3 is 2.40 bits per heavy atom. The van der Waals surface area contributed by atoms with E-state index in [2.05, 4.69) is 19.8 Å². The Morgan fingerprint density at radius 1 is 0.943 bits per heavy atom. The van der Waals surface area contributed by atoms with Gasteiger partial charge < -0.3 is 10.6 Å². The van der Waals surface area contributed by atoms with Gasteiger partial charge in [0.1, 0.15) is 18.0 Å². The molecule has 0 saturated carbocycles. The monoisotopic (exact) mass is 474 g/mol. The largest absolute Gasteiger partial charge is 0.399 e. The molecule has 1 fully saturated rings. The predicted octanol–water partition coefficient (Wildman–Crippen LogP) is 3.55. The number of aryl methyl sites for hydroxylation is 1. The molecular weight excluding hydrogens is 443 g/mol. The molecule has 2 N–H and O–H groups in total. The van der Waals surface area contributed by atoms with Gasteiger partial charge in [0, 0.05) is 67.5 Å². The average molecular weight is 475 g/mol. The van der Waals surface area contributed by atoms with Crippen molar-refractivity contribution in [3.05, 3.63) is 77.5 Å². The van der Waals surface area contributed by atoms with E-state index in [4.69, 9.17) is 5.73 Å². The zero-order valence-electron chi connectivity index (χ0n) is 19.9. The number of fused-ring (bicyclic) bond motifs is 1. The number of nitrogen functional groups attached to an aromatic ring is 1. The number of piperazine rings is 1. The lowest BCUT2D eigenvalue weighted by atomic mass is 9.96. The summed E-state index contributed by atoms with van der Waals surface area (Å²) in [6, 6.07) is 13.7. The summed E-state index contributed by atoms with van der Waals surface area (Å²) >= 11 is 0. The van der Waals surface area contributed by atoms with Crippen LogP contribution < -0.4 is 15.5 Å². The summed E-state index contributed by atoms with van der Waals surface area (Å²) < 4.78 is 13.3. The van der Waals surface area contributed by atoms with Gasteiger partial charge in [0.2, 0.25) is 0 Å². The summed E-state index contributed by atoms with van der Waals surface area (Å²) in [4.78, 5) is 29.2. The highest BCUT2D eigenvalue weighted by molar-refractivity contribution is 6.06. The van der Waals surface area contributed by atoms with Crippen LogP contribution in [0.2, 0.25) is 0 Å². The van der Waals surface area contributed by atoms with Gasteiger partial charge in [0.15, 0.2) is 0 Å². The summed E-state index contributed by atoms with van der Waals surface area (Å²) in [7, 11) is 0. The molecule has 35 heavy (non-hydrogen) atoms. The van der Waals surface area contributed by atoms with Gasteiger partial charge in [-0.25, -0.2) is 14.4 Å². The molecule has 0 bridgehead atoms. The third kappa shape index (κ3) is 5.27. The van der Waals surface area contributed by atoms with E-state index in [0.717, 1.165) is 81.2 Å². The van der Waals surface area contributed by atoms with Crippen LogP contribution in [0.4, 0.5) is 21.6 Å². The highest BCUT2D eigenvalue weighted by Crippen LogP contribution is 2.28. The van der Waals surface area contributed by atoms with E-state index in [1.165, 1.54) is 12.1 Å². The van der Waals surface area contributed by atoms with Crippen LogP contribution in [-0.2, 0) is 12.8 Å². The molecule has 1 amide bonds. The number of benzene rings is 2. The van der Waals surface area contributed by atoms with Crippen molar-refractivity contribution in [2.45, 2.75) is 25.7 Å². The van der Waals surface area contributed by atoms with E-state index in [1.807, 2.05) is 17.0 Å². The van der Waals surface area contributed by atoms with E-state index in [-0.39, 0.29) is 11.7 Å². The summed E-state index contributed by atoms with van der Waals surface area (Å²) in [5.74, 6) is 0.452. The third-order valence-electron chi connectivity index (χ3n) is 6.96. The molecule has 0 radical (unpaired) electrons. The number of nitrogens with zero attached hydrogens (tertiary/aromatic N) is 5. The van der Waals surface area contributed by atoms with Crippen molar-refractivity contribution in [2.24, 2.45) is 0 Å². The van der Waals surface area contributed by atoms with Crippen LogP contribution in [0, 0.1) is 5.82 Å². The SMILES string of the molecule is Nc1ccc(C(=O)N(CCN2CCN(c3ccc(F)cc3)CC2)c2ncnc3c2CCCC3)cc1. The Morgan fingerprint density at radius 2 is 1.66 bits per heavy atom. The zero-order valence-corrected chi connectivity index (χ0v) is 19.9. The molecule has 1 aromatic heterocycles. The lowest BCUT2D eigenvalue weighted by molar-refractivity contribution is 0.0982. The number of nitrogens with two attached hydrogens (primary N) is 1. The second-order valence-corrected chi connectivity index (χ2v) is 9.21. The van der Waals surface area contributed by atoms with Gasteiger partial charge in [0.05, 0.1) is 0 Å². The fraction of sp³-hybridized carbons (Fsp3) is 0.370. The van der Waals surface area contributed by atoms with Crippen molar-refractivity contribution >= 4 is 23.1 Å². The molecular formula is C27H31FN6O. The first kappa shape index (κ1) is 23.2. The van der Waals surface area contributed by atoms with Crippen molar-refractivity contribution in [2.75, 3.05) is 54.8 Å². The van der Waals surface area contributed by atoms with E-state index in [1.54, 1.807) is 30.6 Å². The summed E-state index contributed by atoms with van der Waals surface area (Å²) in [6.07, 6.45) is 5.62. The molecule has 3 aromatic rings. The van der Waals surface area contributed by atoms with Crippen molar-refractivity contribution in [1.29, 1.82) is 0 Å².